The van der Waals surface area contributed by atoms with Crippen LogP contribution in [0.4, 0.5) is 0 Å². The molecule has 0 atom stereocenters. The molecule has 14 heavy (non-hydrogen) atoms. The summed E-state index contributed by atoms with van der Waals surface area (Å²) in [5.41, 5.74) is 0. The van der Waals surface area contributed by atoms with Crippen LogP contribution in [-0.2, 0) is 0 Å². The summed E-state index contributed by atoms with van der Waals surface area (Å²) in [6, 6.07) is 0.928. The lowest BCUT2D eigenvalue weighted by Crippen LogP contribution is -2.43. The highest BCUT2D eigenvalue weighted by atomic mass is 28.4. The lowest BCUT2D eigenvalue weighted by Gasteiger charge is -2.30. The van der Waals surface area contributed by atoms with Crippen LogP contribution in [0.15, 0.2) is 0 Å². The van der Waals surface area contributed by atoms with Gasteiger partial charge in [-0.2, -0.15) is 0 Å². The minimum absolute atomic E-state index is 0.928. The normalized spacial score (nSPS) is 12.4. The van der Waals surface area contributed by atoms with Crippen LogP contribution >= 0.6 is 0 Å². The van der Waals surface area contributed by atoms with E-state index in [2.05, 4.69) is 18.7 Å². The van der Waals surface area contributed by atoms with Crippen molar-refractivity contribution in [3.8, 4) is 0 Å². The van der Waals surface area contributed by atoms with Gasteiger partial charge in [-0.25, -0.2) is 0 Å². The highest BCUT2D eigenvalue weighted by Crippen LogP contribution is 2.06. The Hall–Kier alpha value is 0.137. The molecule has 0 bridgehead atoms. The van der Waals surface area contributed by atoms with Crippen LogP contribution in [0, 0.1) is 0 Å². The van der Waals surface area contributed by atoms with Crippen molar-refractivity contribution in [1.82, 2.24) is 4.90 Å². The second-order valence-electron chi connectivity index (χ2n) is 4.70. The summed E-state index contributed by atoms with van der Waals surface area (Å²) in [6.07, 6.45) is 3.54. The first-order chi connectivity index (χ1) is 6.49. The molecule has 0 aromatic carbocycles. The van der Waals surface area contributed by atoms with Crippen LogP contribution in [0.5, 0.6) is 0 Å². The molecule has 0 spiro atoms. The van der Waals surface area contributed by atoms with E-state index >= 15 is 0 Å². The molecular formula is C11H26NOSi-. The molecule has 0 aromatic heterocycles. The van der Waals surface area contributed by atoms with Crippen molar-refractivity contribution in [2.75, 3.05) is 19.6 Å². The predicted molar refractivity (Wildman–Crippen MR) is 63.9 cm³/mol. The minimum atomic E-state index is -2.05. The van der Waals surface area contributed by atoms with E-state index in [9.17, 15) is 4.80 Å². The molecule has 3 heteroatoms. The Kier molecular flexibility index (Phi) is 7.50. The molecule has 0 radical (unpaired) electrons. The Morgan fingerprint density at radius 3 is 1.86 bits per heavy atom. The zero-order valence-electron chi connectivity index (χ0n) is 10.3. The van der Waals surface area contributed by atoms with E-state index in [4.69, 9.17) is 0 Å². The first-order valence-corrected chi connectivity index (χ1v) is 9.04. The lowest BCUT2D eigenvalue weighted by molar-refractivity contribution is -0.205. The summed E-state index contributed by atoms with van der Waals surface area (Å²) in [5, 5.41) is 0. The van der Waals surface area contributed by atoms with Crippen LogP contribution < -0.4 is 4.80 Å². The van der Waals surface area contributed by atoms with Gasteiger partial charge in [-0.1, -0.05) is 41.3 Å². The van der Waals surface area contributed by atoms with Gasteiger partial charge in [-0.05, 0) is 38.9 Å². The number of hydrogen-bond acceptors (Lipinski definition) is 2. The molecule has 0 aliphatic carbocycles. The minimum Gasteiger partial charge on any atom is -0.859 e. The number of nitrogens with zero attached hydrogens (tertiary/aromatic N) is 1. The standard InChI is InChI=1S/C11H26NOSi/c1-5-8-12(9-6-2)10-7-11-14(3,4)13/h5-11H2,1-4H3/q-1. The van der Waals surface area contributed by atoms with Gasteiger partial charge in [-0.3, -0.25) is 0 Å². The average Bonchev–Trinajstić information content (AvgIpc) is 2.02. The second-order valence-corrected chi connectivity index (χ2v) is 8.72. The Labute approximate surface area is 90.4 Å². The SMILES string of the molecule is CCCN(CCC)CCC[Si](C)(C)[O-]. The molecule has 0 saturated carbocycles. The van der Waals surface area contributed by atoms with Gasteiger partial charge in [0.15, 0.2) is 0 Å². The monoisotopic (exact) mass is 216 g/mol. The van der Waals surface area contributed by atoms with Crippen LogP contribution in [-0.4, -0.2) is 32.9 Å². The number of rotatable bonds is 8. The largest absolute Gasteiger partial charge is 0.859 e. The molecule has 2 nitrogen and oxygen atoms in total. The molecule has 0 N–H and O–H groups in total. The number of hydrogen-bond donors (Lipinski definition) is 0. The summed E-state index contributed by atoms with van der Waals surface area (Å²) >= 11 is 0. The van der Waals surface area contributed by atoms with Crippen molar-refractivity contribution in [3.05, 3.63) is 0 Å². The van der Waals surface area contributed by atoms with Gasteiger partial charge in [0.05, 0.1) is 0 Å². The summed E-state index contributed by atoms with van der Waals surface area (Å²) in [4.78, 5) is 14.0. The Balaban J connectivity index is 3.60. The van der Waals surface area contributed by atoms with Crippen molar-refractivity contribution in [3.63, 3.8) is 0 Å². The molecular weight excluding hydrogens is 190 g/mol. The van der Waals surface area contributed by atoms with E-state index in [-0.39, 0.29) is 0 Å². The van der Waals surface area contributed by atoms with E-state index < -0.39 is 8.32 Å². The Morgan fingerprint density at radius 2 is 1.50 bits per heavy atom. The smallest absolute Gasteiger partial charge is 0.00214 e. The first-order valence-electron chi connectivity index (χ1n) is 5.92. The van der Waals surface area contributed by atoms with Gasteiger partial charge in [0.2, 0.25) is 0 Å². The highest BCUT2D eigenvalue weighted by Gasteiger charge is 2.06. The summed E-state index contributed by atoms with van der Waals surface area (Å²) in [7, 11) is -2.05. The molecule has 0 aliphatic rings. The van der Waals surface area contributed by atoms with Gasteiger partial charge in [0.1, 0.15) is 0 Å². The zero-order valence-corrected chi connectivity index (χ0v) is 11.3. The Bertz CT molecular complexity index is 128. The van der Waals surface area contributed by atoms with E-state index in [1.54, 1.807) is 0 Å². The molecule has 0 aromatic rings. The zero-order chi connectivity index (χ0) is 11.0. The molecule has 0 saturated heterocycles. The highest BCUT2D eigenvalue weighted by molar-refractivity contribution is 6.68. The quantitative estimate of drug-likeness (QED) is 0.581. The van der Waals surface area contributed by atoms with Crippen molar-refractivity contribution in [2.24, 2.45) is 0 Å². The topological polar surface area (TPSA) is 26.3 Å². The Morgan fingerprint density at radius 1 is 1.00 bits per heavy atom. The van der Waals surface area contributed by atoms with Gasteiger partial charge >= 0.3 is 0 Å². The molecule has 0 aliphatic heterocycles. The van der Waals surface area contributed by atoms with Crippen molar-refractivity contribution in [2.45, 2.75) is 52.2 Å². The van der Waals surface area contributed by atoms with E-state index in [1.807, 2.05) is 13.1 Å². The third kappa shape index (κ3) is 8.72. The van der Waals surface area contributed by atoms with Crippen LogP contribution in [0.25, 0.3) is 0 Å². The van der Waals surface area contributed by atoms with Gasteiger partial charge in [-0.15, -0.1) is 0 Å². The maximum atomic E-state index is 11.5. The molecule has 0 amide bonds. The second kappa shape index (κ2) is 7.43. The fourth-order valence-corrected chi connectivity index (χ4v) is 2.71. The third-order valence-electron chi connectivity index (χ3n) is 2.33. The molecule has 0 heterocycles. The van der Waals surface area contributed by atoms with Crippen LogP contribution in [0.2, 0.25) is 19.1 Å². The van der Waals surface area contributed by atoms with Gasteiger partial charge in [0, 0.05) is 0 Å². The van der Waals surface area contributed by atoms with E-state index in [1.165, 1.54) is 25.9 Å². The average molecular weight is 216 g/mol. The lowest BCUT2D eigenvalue weighted by atomic mass is 10.3. The summed E-state index contributed by atoms with van der Waals surface area (Å²) in [5.74, 6) is 0. The first kappa shape index (κ1) is 14.1. The van der Waals surface area contributed by atoms with Crippen LogP contribution in [0.3, 0.4) is 0 Å². The van der Waals surface area contributed by atoms with Crippen LogP contribution in [0.1, 0.15) is 33.1 Å². The van der Waals surface area contributed by atoms with Gasteiger partial charge in [0.25, 0.3) is 0 Å². The predicted octanol–water partition coefficient (Wildman–Crippen LogP) is 2.06. The van der Waals surface area contributed by atoms with Crippen molar-refractivity contribution >= 4 is 8.32 Å². The maximum Gasteiger partial charge on any atom is -0.00214 e. The van der Waals surface area contributed by atoms with Crippen molar-refractivity contribution < 1.29 is 4.80 Å². The molecule has 86 valence electrons. The van der Waals surface area contributed by atoms with E-state index in [0.717, 1.165) is 19.0 Å². The third-order valence-corrected chi connectivity index (χ3v) is 3.89. The fraction of sp³-hybridized carbons (Fsp3) is 1.00. The summed E-state index contributed by atoms with van der Waals surface area (Å²) in [6.45, 7) is 11.8. The molecule has 0 rings (SSSR count). The van der Waals surface area contributed by atoms with E-state index in [0.29, 0.717) is 0 Å². The van der Waals surface area contributed by atoms with Crippen molar-refractivity contribution in [1.29, 1.82) is 0 Å². The molecule has 0 fully saturated rings. The maximum absolute atomic E-state index is 11.5. The van der Waals surface area contributed by atoms with Gasteiger partial charge < -0.3 is 9.70 Å². The molecule has 0 unspecified atom stereocenters. The summed E-state index contributed by atoms with van der Waals surface area (Å²) < 4.78 is 0. The fourth-order valence-electron chi connectivity index (χ4n) is 1.70.